The number of nitrogens with zero attached hydrogens (tertiary/aromatic N) is 1. The van der Waals surface area contributed by atoms with Crippen LogP contribution in [0.3, 0.4) is 0 Å². The zero-order chi connectivity index (χ0) is 18.5. The van der Waals surface area contributed by atoms with Crippen molar-refractivity contribution in [2.75, 3.05) is 6.61 Å². The van der Waals surface area contributed by atoms with Crippen LogP contribution in [-0.4, -0.2) is 17.7 Å². The molecule has 3 aromatic rings. The van der Waals surface area contributed by atoms with Gasteiger partial charge < -0.3 is 14.3 Å². The average Bonchev–Trinajstić information content (AvgIpc) is 3.03. The van der Waals surface area contributed by atoms with Crippen molar-refractivity contribution in [1.29, 1.82) is 5.26 Å². The molecule has 0 spiro atoms. The minimum Gasteiger partial charge on any atom is -0.508 e. The first-order chi connectivity index (χ1) is 12.6. The van der Waals surface area contributed by atoms with E-state index in [1.165, 1.54) is 0 Å². The first-order valence-electron chi connectivity index (χ1n) is 8.48. The Hall–Kier alpha value is -3.26. The summed E-state index contributed by atoms with van der Waals surface area (Å²) in [5.41, 5.74) is 3.07. The average molecular weight is 349 g/mol. The number of hydrogen-bond acceptors (Lipinski definition) is 5. The number of phenols is 1. The Morgan fingerprint density at radius 2 is 2.00 bits per heavy atom. The van der Waals surface area contributed by atoms with Crippen molar-refractivity contribution in [3.63, 3.8) is 0 Å². The van der Waals surface area contributed by atoms with Crippen molar-refractivity contribution in [3.8, 4) is 11.8 Å². The third-order valence-corrected chi connectivity index (χ3v) is 4.17. The molecule has 0 unspecified atom stereocenters. The molecule has 132 valence electrons. The number of aromatic hydroxyl groups is 1. The predicted octanol–water partition coefficient (Wildman–Crippen LogP) is 3.90. The van der Waals surface area contributed by atoms with E-state index >= 15 is 0 Å². The molecular formula is C21H19NO4. The Balaban J connectivity index is 1.77. The maximum atomic E-state index is 11.8. The summed E-state index contributed by atoms with van der Waals surface area (Å²) in [6.45, 7) is 2.09. The lowest BCUT2D eigenvalue weighted by Crippen LogP contribution is -2.09. The van der Waals surface area contributed by atoms with Crippen LogP contribution in [-0.2, 0) is 28.8 Å². The van der Waals surface area contributed by atoms with Gasteiger partial charge in [-0.25, -0.2) is 0 Å². The monoisotopic (exact) mass is 349 g/mol. The maximum absolute atomic E-state index is 11.8. The largest absolute Gasteiger partial charge is 0.508 e. The van der Waals surface area contributed by atoms with Gasteiger partial charge in [0.2, 0.25) is 0 Å². The number of ether oxygens (including phenoxy) is 1. The van der Waals surface area contributed by atoms with E-state index < -0.39 is 0 Å². The zero-order valence-corrected chi connectivity index (χ0v) is 14.5. The quantitative estimate of drug-likeness (QED) is 0.682. The number of phenolic OH excluding ortho intramolecular Hbond substituents is 1. The number of benzene rings is 2. The summed E-state index contributed by atoms with van der Waals surface area (Å²) in [6, 6.07) is 14.4. The number of aryl methyl sites for hydroxylation is 2. The number of rotatable bonds is 6. The van der Waals surface area contributed by atoms with Crippen LogP contribution in [0.25, 0.3) is 11.0 Å². The maximum Gasteiger partial charge on any atom is 0.310 e. The molecule has 26 heavy (non-hydrogen) atoms. The van der Waals surface area contributed by atoms with Crippen molar-refractivity contribution in [2.24, 2.45) is 0 Å². The molecule has 0 fully saturated rings. The number of furan rings is 1. The molecule has 0 atom stereocenters. The Morgan fingerprint density at radius 1 is 1.15 bits per heavy atom. The SMILES string of the molecule is CCOC(=O)Cc1cc(O)ccc1CCc1cc2cc(C#N)ccc2o1. The molecule has 5 heteroatoms. The Morgan fingerprint density at radius 3 is 2.77 bits per heavy atom. The smallest absolute Gasteiger partial charge is 0.310 e. The molecular weight excluding hydrogens is 330 g/mol. The lowest BCUT2D eigenvalue weighted by molar-refractivity contribution is -0.142. The van der Waals surface area contributed by atoms with Gasteiger partial charge in [-0.15, -0.1) is 0 Å². The summed E-state index contributed by atoms with van der Waals surface area (Å²) in [5.74, 6) is 0.623. The molecule has 0 saturated heterocycles. The molecule has 1 heterocycles. The highest BCUT2D eigenvalue weighted by molar-refractivity contribution is 5.79. The highest BCUT2D eigenvalue weighted by Crippen LogP contribution is 2.24. The van der Waals surface area contributed by atoms with Gasteiger partial charge in [0.15, 0.2) is 0 Å². The number of hydrogen-bond donors (Lipinski definition) is 1. The molecule has 0 aliphatic rings. The van der Waals surface area contributed by atoms with Gasteiger partial charge in [-0.3, -0.25) is 4.79 Å². The lowest BCUT2D eigenvalue weighted by Gasteiger charge is -2.09. The third kappa shape index (κ3) is 4.04. The number of carbonyl (C=O) groups is 1. The predicted molar refractivity (Wildman–Crippen MR) is 96.8 cm³/mol. The molecule has 1 aromatic heterocycles. The van der Waals surface area contributed by atoms with Crippen LogP contribution in [0.5, 0.6) is 5.75 Å². The van der Waals surface area contributed by atoms with Crippen LogP contribution in [0.1, 0.15) is 29.4 Å². The number of fused-ring (bicyclic) bond motifs is 1. The van der Waals surface area contributed by atoms with Gasteiger partial charge in [0.1, 0.15) is 17.1 Å². The van der Waals surface area contributed by atoms with Gasteiger partial charge >= 0.3 is 5.97 Å². The first-order valence-corrected chi connectivity index (χ1v) is 8.48. The van der Waals surface area contributed by atoms with Crippen molar-refractivity contribution in [3.05, 3.63) is 64.9 Å². The Kier molecular flexibility index (Phi) is 5.23. The van der Waals surface area contributed by atoms with Crippen molar-refractivity contribution < 1.29 is 19.1 Å². The summed E-state index contributed by atoms with van der Waals surface area (Å²) >= 11 is 0. The van der Waals surface area contributed by atoms with E-state index in [9.17, 15) is 9.90 Å². The third-order valence-electron chi connectivity index (χ3n) is 4.17. The lowest BCUT2D eigenvalue weighted by atomic mass is 9.99. The Bertz CT molecular complexity index is 981. The molecule has 1 N–H and O–H groups in total. The van der Waals surface area contributed by atoms with E-state index in [1.54, 1.807) is 37.3 Å². The van der Waals surface area contributed by atoms with E-state index in [2.05, 4.69) is 6.07 Å². The fraction of sp³-hybridized carbons (Fsp3) is 0.238. The van der Waals surface area contributed by atoms with Gasteiger partial charge in [0, 0.05) is 11.8 Å². The summed E-state index contributed by atoms with van der Waals surface area (Å²) in [5, 5.41) is 19.6. The summed E-state index contributed by atoms with van der Waals surface area (Å²) in [4.78, 5) is 11.8. The standard InChI is InChI=1S/C21H19NO4/c1-2-25-21(24)12-16-10-18(23)6-4-15(16)5-7-19-11-17-9-14(13-22)3-8-20(17)26-19/h3-4,6,8-11,23H,2,5,7,12H2,1H3. The summed E-state index contributed by atoms with van der Waals surface area (Å²) < 4.78 is 10.8. The molecule has 0 aliphatic heterocycles. The molecule has 0 saturated carbocycles. The highest BCUT2D eigenvalue weighted by atomic mass is 16.5. The molecule has 0 aliphatic carbocycles. The van der Waals surface area contributed by atoms with Crippen LogP contribution in [0.15, 0.2) is 46.9 Å². The molecule has 0 radical (unpaired) electrons. The topological polar surface area (TPSA) is 83.5 Å². The second-order valence-corrected chi connectivity index (χ2v) is 6.01. The minimum absolute atomic E-state index is 0.126. The van der Waals surface area contributed by atoms with Crippen LogP contribution >= 0.6 is 0 Å². The normalized spacial score (nSPS) is 10.6. The molecule has 2 aromatic carbocycles. The first kappa shape index (κ1) is 17.6. The fourth-order valence-corrected chi connectivity index (χ4v) is 2.94. The number of nitriles is 1. The van der Waals surface area contributed by atoms with E-state index in [-0.39, 0.29) is 18.1 Å². The van der Waals surface area contributed by atoms with Crippen LogP contribution in [0, 0.1) is 11.3 Å². The van der Waals surface area contributed by atoms with Crippen LogP contribution in [0.2, 0.25) is 0 Å². The number of esters is 1. The Labute approximate surface area is 151 Å². The van der Waals surface area contributed by atoms with E-state index in [1.807, 2.05) is 12.1 Å². The van der Waals surface area contributed by atoms with Crippen molar-refractivity contribution >= 4 is 16.9 Å². The van der Waals surface area contributed by atoms with Gasteiger partial charge in [-0.1, -0.05) is 6.07 Å². The van der Waals surface area contributed by atoms with Gasteiger partial charge in [0.05, 0.1) is 24.7 Å². The van der Waals surface area contributed by atoms with Crippen LogP contribution in [0.4, 0.5) is 0 Å². The van der Waals surface area contributed by atoms with Crippen molar-refractivity contribution in [1.82, 2.24) is 0 Å². The van der Waals surface area contributed by atoms with Crippen molar-refractivity contribution in [2.45, 2.75) is 26.2 Å². The summed E-state index contributed by atoms with van der Waals surface area (Å²) in [7, 11) is 0. The molecule has 5 nitrogen and oxygen atoms in total. The van der Waals surface area contributed by atoms with Gasteiger partial charge in [0.25, 0.3) is 0 Å². The molecule has 0 bridgehead atoms. The van der Waals surface area contributed by atoms with E-state index in [4.69, 9.17) is 14.4 Å². The molecule has 0 amide bonds. The van der Waals surface area contributed by atoms with E-state index in [0.717, 1.165) is 27.9 Å². The van der Waals surface area contributed by atoms with Gasteiger partial charge in [-0.2, -0.15) is 5.26 Å². The second-order valence-electron chi connectivity index (χ2n) is 6.01. The van der Waals surface area contributed by atoms with Gasteiger partial charge in [-0.05, 0) is 60.9 Å². The zero-order valence-electron chi connectivity index (χ0n) is 14.5. The van der Waals surface area contributed by atoms with E-state index in [0.29, 0.717) is 25.0 Å². The second kappa shape index (κ2) is 7.75. The van der Waals surface area contributed by atoms with Crippen LogP contribution < -0.4 is 0 Å². The minimum atomic E-state index is -0.313. The highest BCUT2D eigenvalue weighted by Gasteiger charge is 2.12. The number of carbonyl (C=O) groups excluding carboxylic acids is 1. The molecule has 3 rings (SSSR count). The fourth-order valence-electron chi connectivity index (χ4n) is 2.94. The summed E-state index contributed by atoms with van der Waals surface area (Å²) in [6.07, 6.45) is 1.44.